The van der Waals surface area contributed by atoms with E-state index in [9.17, 15) is 13.0 Å². The van der Waals surface area contributed by atoms with Crippen molar-refractivity contribution in [3.8, 4) is 0 Å². The van der Waals surface area contributed by atoms with Gasteiger partial charge in [-0.3, -0.25) is 4.21 Å². The van der Waals surface area contributed by atoms with Crippen molar-refractivity contribution < 1.29 is 13.0 Å². The van der Waals surface area contributed by atoms with Crippen LogP contribution in [0, 0.1) is 11.6 Å². The lowest BCUT2D eigenvalue weighted by Gasteiger charge is -2.07. The first kappa shape index (κ1) is 14.0. The Morgan fingerprint density at radius 1 is 1.16 bits per heavy atom. The van der Waals surface area contributed by atoms with Crippen LogP contribution in [0.3, 0.4) is 0 Å². The smallest absolute Gasteiger partial charge is 0.141 e. The SMILES string of the molecule is Nc1cccc(F)c1CS(=O)c1ccc(F)c(Cl)c1. The van der Waals surface area contributed by atoms with Crippen LogP contribution in [0.15, 0.2) is 41.3 Å². The van der Waals surface area contributed by atoms with Gasteiger partial charge in [0.1, 0.15) is 11.6 Å². The molecule has 0 radical (unpaired) electrons. The molecule has 0 saturated carbocycles. The molecule has 19 heavy (non-hydrogen) atoms. The Balaban J connectivity index is 2.28. The standard InChI is InChI=1S/C13H10ClF2NOS/c14-10-6-8(4-5-12(10)16)19(18)7-9-11(15)2-1-3-13(9)17/h1-6H,7,17H2. The number of hydrogen-bond donors (Lipinski definition) is 1. The first-order valence-electron chi connectivity index (χ1n) is 5.35. The third-order valence-corrected chi connectivity index (χ3v) is 4.20. The van der Waals surface area contributed by atoms with Crippen molar-refractivity contribution in [1.29, 1.82) is 0 Å². The summed E-state index contributed by atoms with van der Waals surface area (Å²) in [6.07, 6.45) is 0. The number of halogens is 3. The Hall–Kier alpha value is -1.46. The summed E-state index contributed by atoms with van der Waals surface area (Å²) in [4.78, 5) is 0.328. The van der Waals surface area contributed by atoms with Gasteiger partial charge in [-0.05, 0) is 30.3 Å². The summed E-state index contributed by atoms with van der Waals surface area (Å²) >= 11 is 5.62. The van der Waals surface area contributed by atoms with E-state index >= 15 is 0 Å². The fourth-order valence-corrected chi connectivity index (χ4v) is 3.01. The molecule has 0 aliphatic heterocycles. The molecule has 6 heteroatoms. The van der Waals surface area contributed by atoms with Gasteiger partial charge in [-0.15, -0.1) is 0 Å². The lowest BCUT2D eigenvalue weighted by molar-refractivity contribution is 0.616. The quantitative estimate of drug-likeness (QED) is 0.882. The topological polar surface area (TPSA) is 43.1 Å². The maximum Gasteiger partial charge on any atom is 0.141 e. The predicted molar refractivity (Wildman–Crippen MR) is 72.3 cm³/mol. The first-order valence-corrected chi connectivity index (χ1v) is 7.05. The molecule has 2 rings (SSSR count). The Morgan fingerprint density at radius 2 is 1.89 bits per heavy atom. The molecule has 0 amide bonds. The summed E-state index contributed by atoms with van der Waals surface area (Å²) < 4.78 is 38.7. The fourth-order valence-electron chi connectivity index (χ4n) is 1.56. The molecule has 2 nitrogen and oxygen atoms in total. The monoisotopic (exact) mass is 301 g/mol. The van der Waals surface area contributed by atoms with Gasteiger partial charge in [-0.2, -0.15) is 0 Å². The highest BCUT2D eigenvalue weighted by Gasteiger charge is 2.13. The molecule has 0 spiro atoms. The van der Waals surface area contributed by atoms with E-state index in [2.05, 4.69) is 0 Å². The number of benzene rings is 2. The molecule has 0 fully saturated rings. The van der Waals surface area contributed by atoms with Gasteiger partial charge in [0, 0.05) is 16.1 Å². The molecular weight excluding hydrogens is 292 g/mol. The Labute approximate surface area is 116 Å². The van der Waals surface area contributed by atoms with Crippen molar-refractivity contribution in [2.45, 2.75) is 10.6 Å². The molecular formula is C13H10ClF2NOS. The maximum absolute atomic E-state index is 13.6. The maximum atomic E-state index is 13.6. The van der Waals surface area contributed by atoms with Crippen molar-refractivity contribution in [1.82, 2.24) is 0 Å². The van der Waals surface area contributed by atoms with E-state index in [1.54, 1.807) is 0 Å². The van der Waals surface area contributed by atoms with Crippen LogP contribution < -0.4 is 5.73 Å². The summed E-state index contributed by atoms with van der Waals surface area (Å²) in [7, 11) is -1.54. The molecule has 0 saturated heterocycles. The molecule has 100 valence electrons. The van der Waals surface area contributed by atoms with Crippen LogP contribution in [0.5, 0.6) is 0 Å². The van der Waals surface area contributed by atoms with E-state index in [0.29, 0.717) is 4.90 Å². The Bertz CT molecular complexity index is 628. The van der Waals surface area contributed by atoms with Gasteiger partial charge in [0.15, 0.2) is 0 Å². The number of hydrogen-bond acceptors (Lipinski definition) is 2. The highest BCUT2D eigenvalue weighted by Crippen LogP contribution is 2.23. The minimum absolute atomic E-state index is 0.0829. The number of anilines is 1. The summed E-state index contributed by atoms with van der Waals surface area (Å²) in [5.74, 6) is -1.19. The van der Waals surface area contributed by atoms with Gasteiger partial charge in [-0.25, -0.2) is 8.78 Å². The molecule has 0 bridgehead atoms. The third kappa shape index (κ3) is 3.11. The van der Waals surface area contributed by atoms with Crippen molar-refractivity contribution in [2.75, 3.05) is 5.73 Å². The van der Waals surface area contributed by atoms with E-state index in [1.807, 2.05) is 0 Å². The van der Waals surface area contributed by atoms with Crippen LogP contribution in [-0.4, -0.2) is 4.21 Å². The van der Waals surface area contributed by atoms with Gasteiger partial charge in [0.05, 0.1) is 21.6 Å². The molecule has 0 heterocycles. The number of rotatable bonds is 3. The highest BCUT2D eigenvalue weighted by atomic mass is 35.5. The van der Waals surface area contributed by atoms with Crippen molar-refractivity contribution in [3.63, 3.8) is 0 Å². The normalized spacial score (nSPS) is 12.4. The van der Waals surface area contributed by atoms with E-state index < -0.39 is 22.4 Å². The van der Waals surface area contributed by atoms with E-state index in [4.69, 9.17) is 17.3 Å². The zero-order valence-electron chi connectivity index (χ0n) is 9.70. The van der Waals surface area contributed by atoms with Crippen molar-refractivity contribution >= 4 is 28.1 Å². The van der Waals surface area contributed by atoms with E-state index in [0.717, 1.165) is 6.07 Å². The predicted octanol–water partition coefficient (Wildman–Crippen LogP) is 3.51. The van der Waals surface area contributed by atoms with Crippen molar-refractivity contribution in [2.24, 2.45) is 0 Å². The Morgan fingerprint density at radius 3 is 2.53 bits per heavy atom. The second-order valence-corrected chi connectivity index (χ2v) is 5.73. The lowest BCUT2D eigenvalue weighted by atomic mass is 10.2. The summed E-state index contributed by atoms with van der Waals surface area (Å²) in [6.45, 7) is 0. The van der Waals surface area contributed by atoms with Gasteiger partial charge < -0.3 is 5.73 Å². The second kappa shape index (κ2) is 5.67. The largest absolute Gasteiger partial charge is 0.398 e. The van der Waals surface area contributed by atoms with E-state index in [-0.39, 0.29) is 22.0 Å². The van der Waals surface area contributed by atoms with Gasteiger partial charge in [0.25, 0.3) is 0 Å². The number of nitrogen functional groups attached to an aromatic ring is 1. The van der Waals surface area contributed by atoms with Gasteiger partial charge >= 0.3 is 0 Å². The number of nitrogens with two attached hydrogens (primary N) is 1. The zero-order chi connectivity index (χ0) is 14.0. The van der Waals surface area contributed by atoms with Gasteiger partial charge in [0.2, 0.25) is 0 Å². The van der Waals surface area contributed by atoms with Crippen LogP contribution in [0.1, 0.15) is 5.56 Å². The van der Waals surface area contributed by atoms with Crippen LogP contribution in [-0.2, 0) is 16.6 Å². The molecule has 0 aliphatic rings. The second-order valence-electron chi connectivity index (χ2n) is 3.87. The third-order valence-electron chi connectivity index (χ3n) is 2.58. The average Bonchev–Trinajstić information content (AvgIpc) is 2.37. The minimum Gasteiger partial charge on any atom is -0.398 e. The average molecular weight is 302 g/mol. The Kier molecular flexibility index (Phi) is 4.17. The first-order chi connectivity index (χ1) is 8.99. The molecule has 2 N–H and O–H groups in total. The molecule has 1 unspecified atom stereocenters. The van der Waals surface area contributed by atoms with Crippen LogP contribution in [0.2, 0.25) is 5.02 Å². The van der Waals surface area contributed by atoms with Crippen LogP contribution in [0.4, 0.5) is 14.5 Å². The molecule has 2 aromatic rings. The van der Waals surface area contributed by atoms with Gasteiger partial charge in [-0.1, -0.05) is 17.7 Å². The van der Waals surface area contributed by atoms with E-state index in [1.165, 1.54) is 30.3 Å². The fraction of sp³-hybridized carbons (Fsp3) is 0.0769. The summed E-state index contributed by atoms with van der Waals surface area (Å²) in [5.41, 5.74) is 6.06. The lowest BCUT2D eigenvalue weighted by Crippen LogP contribution is -2.03. The molecule has 2 aromatic carbocycles. The van der Waals surface area contributed by atoms with Crippen LogP contribution in [0.25, 0.3) is 0 Å². The minimum atomic E-state index is -1.54. The summed E-state index contributed by atoms with van der Waals surface area (Å²) in [6, 6.07) is 8.01. The highest BCUT2D eigenvalue weighted by molar-refractivity contribution is 7.84. The van der Waals surface area contributed by atoms with Crippen LogP contribution >= 0.6 is 11.6 Å². The molecule has 1 atom stereocenters. The molecule has 0 aliphatic carbocycles. The molecule has 0 aromatic heterocycles. The zero-order valence-corrected chi connectivity index (χ0v) is 11.3. The van der Waals surface area contributed by atoms with Crippen molar-refractivity contribution in [3.05, 3.63) is 58.6 Å². The summed E-state index contributed by atoms with van der Waals surface area (Å²) in [5, 5.41) is -0.118.